The van der Waals surface area contributed by atoms with Gasteiger partial charge < -0.3 is 4.90 Å². The molecule has 1 N–H and O–H groups in total. The first-order chi connectivity index (χ1) is 4.63. The average Bonchev–Trinajstić information content (AvgIpc) is 2.65. The Balaban J connectivity index is 2.38. The summed E-state index contributed by atoms with van der Waals surface area (Å²) in [4.78, 5) is 2.05. The Morgan fingerprint density at radius 3 is 2.30 bits per heavy atom. The van der Waals surface area contributed by atoms with E-state index in [-0.39, 0.29) is 0 Å². The van der Waals surface area contributed by atoms with Crippen LogP contribution in [0.5, 0.6) is 0 Å². The van der Waals surface area contributed by atoms with Crippen LogP contribution in [0.2, 0.25) is 0 Å². The second-order valence-corrected chi connectivity index (χ2v) is 3.36. The van der Waals surface area contributed by atoms with Crippen LogP contribution >= 0.6 is 0 Å². The topological polar surface area (TPSA) is 27.1 Å². The molecule has 1 aliphatic carbocycles. The van der Waals surface area contributed by atoms with Gasteiger partial charge in [-0.05, 0) is 26.7 Å². The molecule has 0 saturated heterocycles. The standard InChI is InChI=1S/C8H16N2/c1-6(2)10(3)8(9)7-4-5-7/h6-7,9H,4-5H2,1-3H3. The first kappa shape index (κ1) is 7.58. The van der Waals surface area contributed by atoms with Gasteiger partial charge in [-0.2, -0.15) is 0 Å². The number of hydrogen-bond acceptors (Lipinski definition) is 1. The largest absolute Gasteiger partial charge is 0.361 e. The molecular formula is C8H16N2. The Morgan fingerprint density at radius 1 is 1.50 bits per heavy atom. The molecule has 10 heavy (non-hydrogen) atoms. The lowest BCUT2D eigenvalue weighted by atomic mass is 10.3. The summed E-state index contributed by atoms with van der Waals surface area (Å²) >= 11 is 0. The molecule has 2 heteroatoms. The van der Waals surface area contributed by atoms with Crippen molar-refractivity contribution in [2.45, 2.75) is 32.7 Å². The van der Waals surface area contributed by atoms with Gasteiger partial charge in [0.2, 0.25) is 0 Å². The van der Waals surface area contributed by atoms with Gasteiger partial charge in [0.15, 0.2) is 0 Å². The Kier molecular flexibility index (Phi) is 1.97. The number of hydrogen-bond donors (Lipinski definition) is 1. The molecule has 2 nitrogen and oxygen atoms in total. The number of rotatable bonds is 2. The zero-order valence-electron chi connectivity index (χ0n) is 7.02. The minimum absolute atomic E-state index is 0.480. The fourth-order valence-corrected chi connectivity index (χ4v) is 0.923. The molecule has 0 bridgehead atoms. The molecule has 0 aromatic heterocycles. The maximum atomic E-state index is 7.67. The van der Waals surface area contributed by atoms with Crippen LogP contribution in [0.25, 0.3) is 0 Å². The van der Waals surface area contributed by atoms with Crippen molar-refractivity contribution in [1.29, 1.82) is 5.41 Å². The van der Waals surface area contributed by atoms with E-state index in [9.17, 15) is 0 Å². The van der Waals surface area contributed by atoms with E-state index >= 15 is 0 Å². The molecular weight excluding hydrogens is 124 g/mol. The molecule has 0 amide bonds. The lowest BCUT2D eigenvalue weighted by molar-refractivity contribution is 0.404. The highest BCUT2D eigenvalue weighted by Gasteiger charge is 2.29. The van der Waals surface area contributed by atoms with Gasteiger partial charge in [-0.1, -0.05) is 0 Å². The normalized spacial score (nSPS) is 17.6. The first-order valence-electron chi connectivity index (χ1n) is 3.94. The molecule has 0 atom stereocenters. The number of amidine groups is 1. The van der Waals surface area contributed by atoms with Crippen LogP contribution in [0.15, 0.2) is 0 Å². The van der Waals surface area contributed by atoms with Gasteiger partial charge in [-0.3, -0.25) is 5.41 Å². The van der Waals surface area contributed by atoms with Gasteiger partial charge in [0.25, 0.3) is 0 Å². The molecule has 1 rings (SSSR count). The van der Waals surface area contributed by atoms with E-state index in [4.69, 9.17) is 5.41 Å². The molecule has 0 unspecified atom stereocenters. The van der Waals surface area contributed by atoms with Gasteiger partial charge >= 0.3 is 0 Å². The molecule has 0 aromatic rings. The van der Waals surface area contributed by atoms with Crippen molar-refractivity contribution < 1.29 is 0 Å². The Hall–Kier alpha value is -0.530. The number of nitrogens with zero attached hydrogens (tertiary/aromatic N) is 1. The van der Waals surface area contributed by atoms with Gasteiger partial charge in [-0.15, -0.1) is 0 Å². The second kappa shape index (κ2) is 2.60. The molecule has 0 aliphatic heterocycles. The quantitative estimate of drug-likeness (QED) is 0.459. The predicted molar refractivity (Wildman–Crippen MR) is 43.3 cm³/mol. The molecule has 0 heterocycles. The minimum Gasteiger partial charge on any atom is -0.361 e. The molecule has 0 spiro atoms. The fourth-order valence-electron chi connectivity index (χ4n) is 0.923. The summed E-state index contributed by atoms with van der Waals surface area (Å²) in [6.45, 7) is 4.24. The van der Waals surface area contributed by atoms with Crippen molar-refractivity contribution in [2.75, 3.05) is 7.05 Å². The monoisotopic (exact) mass is 140 g/mol. The molecule has 0 aromatic carbocycles. The summed E-state index contributed by atoms with van der Waals surface area (Å²) in [6, 6.07) is 0.480. The van der Waals surface area contributed by atoms with Gasteiger partial charge in [0.1, 0.15) is 0 Å². The van der Waals surface area contributed by atoms with Crippen LogP contribution in [0, 0.1) is 11.3 Å². The maximum Gasteiger partial charge on any atom is 0.0989 e. The van der Waals surface area contributed by atoms with E-state index in [0.29, 0.717) is 12.0 Å². The highest BCUT2D eigenvalue weighted by Crippen LogP contribution is 2.31. The van der Waals surface area contributed by atoms with Crippen molar-refractivity contribution >= 4 is 5.84 Å². The molecule has 1 saturated carbocycles. The molecule has 0 radical (unpaired) electrons. The van der Waals surface area contributed by atoms with Crippen molar-refractivity contribution in [1.82, 2.24) is 4.90 Å². The van der Waals surface area contributed by atoms with Crippen molar-refractivity contribution in [3.63, 3.8) is 0 Å². The summed E-state index contributed by atoms with van der Waals surface area (Å²) in [6.07, 6.45) is 2.46. The van der Waals surface area contributed by atoms with Crippen LogP contribution in [-0.4, -0.2) is 23.8 Å². The zero-order chi connectivity index (χ0) is 7.72. The average molecular weight is 140 g/mol. The van der Waals surface area contributed by atoms with E-state index in [1.165, 1.54) is 12.8 Å². The minimum atomic E-state index is 0.480. The molecule has 1 fully saturated rings. The summed E-state index contributed by atoms with van der Waals surface area (Å²) in [5, 5.41) is 7.67. The van der Waals surface area contributed by atoms with Crippen molar-refractivity contribution in [3.05, 3.63) is 0 Å². The third-order valence-corrected chi connectivity index (χ3v) is 2.12. The summed E-state index contributed by atoms with van der Waals surface area (Å²) < 4.78 is 0. The van der Waals surface area contributed by atoms with Crippen LogP contribution < -0.4 is 0 Å². The summed E-state index contributed by atoms with van der Waals surface area (Å²) in [5.41, 5.74) is 0. The predicted octanol–water partition coefficient (Wildman–Crippen LogP) is 1.71. The van der Waals surface area contributed by atoms with Crippen LogP contribution in [0.4, 0.5) is 0 Å². The van der Waals surface area contributed by atoms with Crippen molar-refractivity contribution in [2.24, 2.45) is 5.92 Å². The third-order valence-electron chi connectivity index (χ3n) is 2.12. The van der Waals surface area contributed by atoms with Gasteiger partial charge in [0.05, 0.1) is 5.84 Å². The fraction of sp³-hybridized carbons (Fsp3) is 0.875. The van der Waals surface area contributed by atoms with E-state index in [1.807, 2.05) is 7.05 Å². The lowest BCUT2D eigenvalue weighted by Crippen LogP contribution is -2.33. The summed E-state index contributed by atoms with van der Waals surface area (Å²) in [5.74, 6) is 1.42. The van der Waals surface area contributed by atoms with E-state index in [2.05, 4.69) is 18.7 Å². The lowest BCUT2D eigenvalue weighted by Gasteiger charge is -2.23. The first-order valence-corrected chi connectivity index (χ1v) is 3.94. The third kappa shape index (κ3) is 1.49. The maximum absolute atomic E-state index is 7.67. The Bertz CT molecular complexity index is 136. The van der Waals surface area contributed by atoms with E-state index in [1.54, 1.807) is 0 Å². The Labute approximate surface area is 62.7 Å². The van der Waals surface area contributed by atoms with Crippen LogP contribution in [0.3, 0.4) is 0 Å². The van der Waals surface area contributed by atoms with Crippen LogP contribution in [-0.2, 0) is 0 Å². The second-order valence-electron chi connectivity index (χ2n) is 3.36. The SMILES string of the molecule is CC(C)N(C)C(=N)C1CC1. The number of nitrogens with one attached hydrogen (secondary N) is 1. The molecule has 58 valence electrons. The van der Waals surface area contributed by atoms with Crippen LogP contribution in [0.1, 0.15) is 26.7 Å². The van der Waals surface area contributed by atoms with Gasteiger partial charge in [0, 0.05) is 19.0 Å². The highest BCUT2D eigenvalue weighted by molar-refractivity contribution is 5.83. The molecule has 1 aliphatic rings. The van der Waals surface area contributed by atoms with E-state index < -0.39 is 0 Å². The summed E-state index contributed by atoms with van der Waals surface area (Å²) in [7, 11) is 2.01. The smallest absolute Gasteiger partial charge is 0.0989 e. The van der Waals surface area contributed by atoms with E-state index in [0.717, 1.165) is 5.84 Å². The van der Waals surface area contributed by atoms with Crippen molar-refractivity contribution in [3.8, 4) is 0 Å². The Morgan fingerprint density at radius 2 is 2.00 bits per heavy atom. The highest BCUT2D eigenvalue weighted by atomic mass is 15.2. The zero-order valence-corrected chi connectivity index (χ0v) is 7.02. The van der Waals surface area contributed by atoms with Gasteiger partial charge in [-0.25, -0.2) is 0 Å².